The van der Waals surface area contributed by atoms with Gasteiger partial charge in [0.05, 0.1) is 5.69 Å². The molecule has 0 amide bonds. The topological polar surface area (TPSA) is 24.5 Å². The highest BCUT2D eigenvalue weighted by Crippen LogP contribution is 2.32. The Hall–Kier alpha value is -1.38. The van der Waals surface area contributed by atoms with Crippen molar-refractivity contribution in [1.29, 1.82) is 0 Å². The Morgan fingerprint density at radius 2 is 2.07 bits per heavy atom. The van der Waals surface area contributed by atoms with E-state index in [0.29, 0.717) is 0 Å². The molecule has 0 bridgehead atoms. The number of hydrogen-bond acceptors (Lipinski definition) is 3. The second-order valence-corrected chi connectivity index (χ2v) is 4.15. The molecule has 3 nitrogen and oxygen atoms in total. The number of fused-ring (bicyclic) bond motifs is 1. The zero-order valence-corrected chi connectivity index (χ0v) is 8.83. The lowest BCUT2D eigenvalue weighted by Crippen LogP contribution is -2.20. The lowest BCUT2D eigenvalue weighted by molar-refractivity contribution is 0.323. The van der Waals surface area contributed by atoms with Gasteiger partial charge in [0.25, 0.3) is 0 Å². The number of benzene rings is 1. The monoisotopic (exact) mass is 204 g/mol. The zero-order valence-electron chi connectivity index (χ0n) is 8.83. The van der Waals surface area contributed by atoms with Gasteiger partial charge in [-0.2, -0.15) is 0 Å². The van der Waals surface area contributed by atoms with Crippen LogP contribution in [0.1, 0.15) is 12.8 Å². The van der Waals surface area contributed by atoms with Gasteiger partial charge < -0.3 is 15.0 Å². The van der Waals surface area contributed by atoms with Crippen LogP contribution in [-0.4, -0.2) is 26.2 Å². The van der Waals surface area contributed by atoms with Gasteiger partial charge in [-0.15, -0.1) is 0 Å². The Balaban J connectivity index is 1.89. The largest absolute Gasteiger partial charge is 0.490 e. The van der Waals surface area contributed by atoms with Crippen LogP contribution in [0.15, 0.2) is 18.2 Å². The van der Waals surface area contributed by atoms with Gasteiger partial charge in [0, 0.05) is 25.3 Å². The van der Waals surface area contributed by atoms with Gasteiger partial charge in [0.1, 0.15) is 12.4 Å². The minimum Gasteiger partial charge on any atom is -0.490 e. The van der Waals surface area contributed by atoms with Gasteiger partial charge in [-0.3, -0.25) is 0 Å². The smallest absolute Gasteiger partial charge is 0.142 e. The second kappa shape index (κ2) is 3.65. The van der Waals surface area contributed by atoms with Crippen molar-refractivity contribution in [3.8, 4) is 5.75 Å². The first kappa shape index (κ1) is 8.89. The Morgan fingerprint density at radius 1 is 1.20 bits per heavy atom. The van der Waals surface area contributed by atoms with Crippen LogP contribution in [0, 0.1) is 0 Å². The highest BCUT2D eigenvalue weighted by molar-refractivity contribution is 5.66. The Kier molecular flexibility index (Phi) is 2.16. The minimum atomic E-state index is 0.774. The van der Waals surface area contributed by atoms with E-state index >= 15 is 0 Å². The summed E-state index contributed by atoms with van der Waals surface area (Å²) in [5, 5.41) is 3.37. The van der Waals surface area contributed by atoms with E-state index in [-0.39, 0.29) is 0 Å². The quantitative estimate of drug-likeness (QED) is 0.758. The fourth-order valence-corrected chi connectivity index (χ4v) is 2.30. The standard InChI is InChI=1S/C12H16N2O/c1-2-7-14(6-1)10-3-4-12-11(9-10)13-5-8-15-12/h3-4,9,13H,1-2,5-8H2. The molecule has 0 aromatic heterocycles. The van der Waals surface area contributed by atoms with Crippen molar-refractivity contribution in [2.45, 2.75) is 12.8 Å². The first-order valence-electron chi connectivity index (χ1n) is 5.69. The van der Waals surface area contributed by atoms with Crippen molar-refractivity contribution in [1.82, 2.24) is 0 Å². The average molecular weight is 204 g/mol. The number of rotatable bonds is 1. The van der Waals surface area contributed by atoms with E-state index in [9.17, 15) is 0 Å². The van der Waals surface area contributed by atoms with Crippen LogP contribution >= 0.6 is 0 Å². The van der Waals surface area contributed by atoms with Crippen LogP contribution in [0.4, 0.5) is 11.4 Å². The van der Waals surface area contributed by atoms with Crippen molar-refractivity contribution in [2.24, 2.45) is 0 Å². The van der Waals surface area contributed by atoms with E-state index in [0.717, 1.165) is 24.6 Å². The van der Waals surface area contributed by atoms with Crippen molar-refractivity contribution in [2.75, 3.05) is 36.5 Å². The lowest BCUT2D eigenvalue weighted by atomic mass is 10.2. The highest BCUT2D eigenvalue weighted by atomic mass is 16.5. The van der Waals surface area contributed by atoms with Crippen molar-refractivity contribution in [3.05, 3.63) is 18.2 Å². The molecule has 1 aromatic rings. The molecular weight excluding hydrogens is 188 g/mol. The molecule has 1 saturated heterocycles. The van der Waals surface area contributed by atoms with Crippen molar-refractivity contribution >= 4 is 11.4 Å². The molecule has 15 heavy (non-hydrogen) atoms. The SMILES string of the molecule is c1cc2c(cc1N1CCCC1)NCCO2. The Labute approximate surface area is 90.0 Å². The summed E-state index contributed by atoms with van der Waals surface area (Å²) in [6.07, 6.45) is 2.64. The van der Waals surface area contributed by atoms with Crippen molar-refractivity contribution < 1.29 is 4.74 Å². The average Bonchev–Trinajstić information content (AvgIpc) is 2.82. The summed E-state index contributed by atoms with van der Waals surface area (Å²) in [6.45, 7) is 4.08. The third kappa shape index (κ3) is 1.62. The van der Waals surface area contributed by atoms with Gasteiger partial charge in [0.2, 0.25) is 0 Å². The maximum Gasteiger partial charge on any atom is 0.142 e. The number of nitrogens with zero attached hydrogens (tertiary/aromatic N) is 1. The van der Waals surface area contributed by atoms with Crippen LogP contribution in [0.5, 0.6) is 5.75 Å². The van der Waals surface area contributed by atoms with Gasteiger partial charge >= 0.3 is 0 Å². The summed E-state index contributed by atoms with van der Waals surface area (Å²) in [7, 11) is 0. The van der Waals surface area contributed by atoms with E-state index in [1.165, 1.54) is 31.6 Å². The zero-order chi connectivity index (χ0) is 10.1. The Bertz CT molecular complexity index is 359. The summed E-state index contributed by atoms with van der Waals surface area (Å²) in [4.78, 5) is 2.44. The predicted molar refractivity (Wildman–Crippen MR) is 61.9 cm³/mol. The van der Waals surface area contributed by atoms with E-state index in [4.69, 9.17) is 4.74 Å². The minimum absolute atomic E-state index is 0.774. The molecule has 3 rings (SSSR count). The second-order valence-electron chi connectivity index (χ2n) is 4.15. The van der Waals surface area contributed by atoms with Crippen LogP contribution in [0.25, 0.3) is 0 Å². The number of ether oxygens (including phenoxy) is 1. The van der Waals surface area contributed by atoms with E-state index < -0.39 is 0 Å². The maximum atomic E-state index is 5.56. The molecule has 0 spiro atoms. The molecule has 3 heteroatoms. The summed E-state index contributed by atoms with van der Waals surface area (Å²) < 4.78 is 5.56. The molecule has 0 atom stereocenters. The van der Waals surface area contributed by atoms with Crippen LogP contribution in [0.2, 0.25) is 0 Å². The van der Waals surface area contributed by atoms with Gasteiger partial charge in [-0.05, 0) is 31.0 Å². The Morgan fingerprint density at radius 3 is 2.93 bits per heavy atom. The molecule has 0 aliphatic carbocycles. The van der Waals surface area contributed by atoms with E-state index in [1.54, 1.807) is 0 Å². The van der Waals surface area contributed by atoms with Crippen molar-refractivity contribution in [3.63, 3.8) is 0 Å². The van der Waals surface area contributed by atoms with E-state index in [2.05, 4.69) is 28.4 Å². The maximum absolute atomic E-state index is 5.56. The lowest BCUT2D eigenvalue weighted by Gasteiger charge is -2.23. The number of anilines is 2. The molecule has 2 aliphatic heterocycles. The first-order valence-corrected chi connectivity index (χ1v) is 5.69. The van der Waals surface area contributed by atoms with Gasteiger partial charge in [-0.1, -0.05) is 0 Å². The van der Waals surface area contributed by atoms with Gasteiger partial charge in [0.15, 0.2) is 0 Å². The summed E-state index contributed by atoms with van der Waals surface area (Å²) >= 11 is 0. The fourth-order valence-electron chi connectivity index (χ4n) is 2.30. The highest BCUT2D eigenvalue weighted by Gasteiger charge is 2.15. The summed E-state index contributed by atoms with van der Waals surface area (Å²) in [6, 6.07) is 6.45. The third-order valence-corrected chi connectivity index (χ3v) is 3.11. The van der Waals surface area contributed by atoms with Gasteiger partial charge in [-0.25, -0.2) is 0 Å². The van der Waals surface area contributed by atoms with Crippen LogP contribution in [-0.2, 0) is 0 Å². The number of nitrogens with one attached hydrogen (secondary N) is 1. The predicted octanol–water partition coefficient (Wildman–Crippen LogP) is 2.09. The molecule has 1 aromatic carbocycles. The molecule has 0 unspecified atom stereocenters. The summed E-state index contributed by atoms with van der Waals surface area (Å²) in [5.41, 5.74) is 2.47. The van der Waals surface area contributed by atoms with Crippen LogP contribution in [0.3, 0.4) is 0 Å². The summed E-state index contributed by atoms with van der Waals surface area (Å²) in [5.74, 6) is 0.990. The molecule has 2 heterocycles. The molecule has 80 valence electrons. The molecule has 1 N–H and O–H groups in total. The van der Waals surface area contributed by atoms with Crippen LogP contribution < -0.4 is 15.0 Å². The van der Waals surface area contributed by atoms with E-state index in [1.807, 2.05) is 0 Å². The fraction of sp³-hybridized carbons (Fsp3) is 0.500. The molecule has 2 aliphatic rings. The molecule has 0 saturated carbocycles. The molecule has 1 fully saturated rings. The normalized spacial score (nSPS) is 19.3. The molecular formula is C12H16N2O. The number of hydrogen-bond donors (Lipinski definition) is 1. The molecule has 0 radical (unpaired) electrons. The first-order chi connectivity index (χ1) is 7.43. The third-order valence-electron chi connectivity index (χ3n) is 3.11.